The van der Waals surface area contributed by atoms with E-state index in [4.69, 9.17) is 4.74 Å². The van der Waals surface area contributed by atoms with Gasteiger partial charge in [0.2, 0.25) is 0 Å². The van der Waals surface area contributed by atoms with Crippen LogP contribution in [-0.2, 0) is 24.4 Å². The molecule has 8 nitrogen and oxygen atoms in total. The van der Waals surface area contributed by atoms with Crippen LogP contribution in [-0.4, -0.2) is 88.3 Å². The number of sulfone groups is 2. The highest BCUT2D eigenvalue weighted by Gasteiger charge is 2.48. The number of carbonyl (C=O) groups excluding carboxylic acids is 1. The molecule has 0 aromatic heterocycles. The van der Waals surface area contributed by atoms with Gasteiger partial charge >= 0.3 is 6.09 Å². The van der Waals surface area contributed by atoms with E-state index in [-0.39, 0.29) is 22.8 Å². The standard InChI is InChI=1S/C18H25FN2O6S2/c1-3-27-18(22)21-8-6-20(7-9-21)16-11-28(23,24)12-17(16)29(25,26)14-4-5-15(19)13(2)10-14/h4-5,10,16-17H,3,6-9,11-12H2,1-2H3. The lowest BCUT2D eigenvalue weighted by Crippen LogP contribution is -2.55. The Morgan fingerprint density at radius 2 is 1.86 bits per heavy atom. The first kappa shape index (κ1) is 22.0. The summed E-state index contributed by atoms with van der Waals surface area (Å²) in [5.74, 6) is -1.24. The molecule has 2 fully saturated rings. The second-order valence-electron chi connectivity index (χ2n) is 7.36. The number of hydrogen-bond acceptors (Lipinski definition) is 7. The number of nitrogens with zero attached hydrogens (tertiary/aromatic N) is 2. The van der Waals surface area contributed by atoms with Gasteiger partial charge in [0.05, 0.1) is 28.3 Å². The molecule has 2 atom stereocenters. The summed E-state index contributed by atoms with van der Waals surface area (Å²) in [5.41, 5.74) is 0.187. The van der Waals surface area contributed by atoms with E-state index in [0.29, 0.717) is 26.2 Å². The number of benzene rings is 1. The Morgan fingerprint density at radius 1 is 1.21 bits per heavy atom. The van der Waals surface area contributed by atoms with E-state index in [1.54, 1.807) is 6.92 Å². The van der Waals surface area contributed by atoms with Crippen LogP contribution in [0.1, 0.15) is 12.5 Å². The zero-order chi connectivity index (χ0) is 21.4. The van der Waals surface area contributed by atoms with Gasteiger partial charge in [-0.3, -0.25) is 4.90 Å². The van der Waals surface area contributed by atoms with E-state index in [0.717, 1.165) is 6.07 Å². The number of amides is 1. The van der Waals surface area contributed by atoms with Crippen LogP contribution in [0.3, 0.4) is 0 Å². The van der Waals surface area contributed by atoms with Crippen LogP contribution >= 0.6 is 0 Å². The van der Waals surface area contributed by atoms with Crippen molar-refractivity contribution in [3.05, 3.63) is 29.6 Å². The first-order valence-electron chi connectivity index (χ1n) is 9.41. The molecule has 2 aliphatic heterocycles. The van der Waals surface area contributed by atoms with Crippen molar-refractivity contribution in [2.75, 3.05) is 44.3 Å². The van der Waals surface area contributed by atoms with Crippen LogP contribution < -0.4 is 0 Å². The summed E-state index contributed by atoms with van der Waals surface area (Å²) >= 11 is 0. The van der Waals surface area contributed by atoms with E-state index in [1.807, 2.05) is 4.90 Å². The average Bonchev–Trinajstić information content (AvgIpc) is 3.00. The van der Waals surface area contributed by atoms with Crippen LogP contribution in [0, 0.1) is 12.7 Å². The molecule has 162 valence electrons. The molecule has 1 aromatic rings. The maximum Gasteiger partial charge on any atom is 0.409 e. The normalized spacial score (nSPS) is 25.1. The number of rotatable bonds is 4. The summed E-state index contributed by atoms with van der Waals surface area (Å²) in [5, 5.41) is -1.13. The van der Waals surface area contributed by atoms with Gasteiger partial charge in [-0.05, 0) is 37.6 Å². The fraction of sp³-hybridized carbons (Fsp3) is 0.611. The minimum absolute atomic E-state index is 0.0753. The second kappa shape index (κ2) is 8.19. The minimum atomic E-state index is -3.98. The SMILES string of the molecule is CCOC(=O)N1CCN(C2CS(=O)(=O)CC2S(=O)(=O)c2ccc(F)c(C)c2)CC1. The van der Waals surface area contributed by atoms with Crippen LogP contribution in [0.5, 0.6) is 0 Å². The Labute approximate surface area is 170 Å². The molecule has 0 N–H and O–H groups in total. The smallest absolute Gasteiger partial charge is 0.409 e. The maximum atomic E-state index is 13.6. The summed E-state index contributed by atoms with van der Waals surface area (Å²) < 4.78 is 69.6. The van der Waals surface area contributed by atoms with Crippen molar-refractivity contribution >= 4 is 25.8 Å². The zero-order valence-electron chi connectivity index (χ0n) is 16.4. The van der Waals surface area contributed by atoms with Gasteiger partial charge in [-0.1, -0.05) is 0 Å². The van der Waals surface area contributed by atoms with Crippen LogP contribution in [0.4, 0.5) is 9.18 Å². The van der Waals surface area contributed by atoms with E-state index < -0.39 is 48.6 Å². The van der Waals surface area contributed by atoms with Crippen molar-refractivity contribution < 1.29 is 30.8 Å². The fourth-order valence-corrected chi connectivity index (χ4v) is 8.77. The fourth-order valence-electron chi connectivity index (χ4n) is 3.85. The van der Waals surface area contributed by atoms with Crippen molar-refractivity contribution in [1.29, 1.82) is 0 Å². The van der Waals surface area contributed by atoms with Gasteiger partial charge in [-0.2, -0.15) is 0 Å². The lowest BCUT2D eigenvalue weighted by atomic mass is 10.2. The molecule has 0 saturated carbocycles. The number of halogens is 1. The molecule has 0 aliphatic carbocycles. The number of hydrogen-bond donors (Lipinski definition) is 0. The largest absolute Gasteiger partial charge is 0.450 e. The Morgan fingerprint density at radius 3 is 2.45 bits per heavy atom. The topological polar surface area (TPSA) is 101 Å². The Balaban J connectivity index is 1.83. The third kappa shape index (κ3) is 4.56. The number of aryl methyl sites for hydroxylation is 1. The van der Waals surface area contributed by atoms with Gasteiger partial charge in [0.1, 0.15) is 5.82 Å². The quantitative estimate of drug-likeness (QED) is 0.630. The number of ether oxygens (including phenoxy) is 1. The van der Waals surface area contributed by atoms with E-state index in [2.05, 4.69) is 0 Å². The van der Waals surface area contributed by atoms with E-state index in [9.17, 15) is 26.0 Å². The molecule has 3 rings (SSSR count). The third-order valence-corrected chi connectivity index (χ3v) is 9.55. The molecule has 29 heavy (non-hydrogen) atoms. The lowest BCUT2D eigenvalue weighted by molar-refractivity contribution is 0.0700. The molecule has 2 heterocycles. The van der Waals surface area contributed by atoms with Crippen molar-refractivity contribution in [2.45, 2.75) is 30.0 Å². The van der Waals surface area contributed by atoms with Gasteiger partial charge in [0.15, 0.2) is 19.7 Å². The Hall–Kier alpha value is -1.72. The van der Waals surface area contributed by atoms with Crippen LogP contribution in [0.25, 0.3) is 0 Å². The molecule has 2 unspecified atom stereocenters. The maximum absolute atomic E-state index is 13.6. The summed E-state index contributed by atoms with van der Waals surface area (Å²) in [4.78, 5) is 15.1. The Bertz CT molecular complexity index is 988. The molecule has 1 aromatic carbocycles. The summed E-state index contributed by atoms with van der Waals surface area (Å²) in [7, 11) is -7.52. The molecule has 2 aliphatic rings. The summed E-state index contributed by atoms with van der Waals surface area (Å²) in [6, 6.07) is 2.79. The predicted molar refractivity (Wildman–Crippen MR) is 105 cm³/mol. The second-order valence-corrected chi connectivity index (χ2v) is 11.7. The molecular formula is C18H25FN2O6S2. The predicted octanol–water partition coefficient (Wildman–Crippen LogP) is 0.848. The molecule has 0 spiro atoms. The van der Waals surface area contributed by atoms with E-state index >= 15 is 0 Å². The van der Waals surface area contributed by atoms with Crippen molar-refractivity contribution in [2.24, 2.45) is 0 Å². The third-order valence-electron chi connectivity index (χ3n) is 5.44. The van der Waals surface area contributed by atoms with Gasteiger partial charge in [0.25, 0.3) is 0 Å². The molecule has 0 bridgehead atoms. The van der Waals surface area contributed by atoms with Gasteiger partial charge < -0.3 is 9.64 Å². The average molecular weight is 449 g/mol. The van der Waals surface area contributed by atoms with Crippen LogP contribution in [0.2, 0.25) is 0 Å². The molecular weight excluding hydrogens is 423 g/mol. The first-order valence-corrected chi connectivity index (χ1v) is 12.8. The van der Waals surface area contributed by atoms with Crippen molar-refractivity contribution in [3.8, 4) is 0 Å². The van der Waals surface area contributed by atoms with Crippen LogP contribution in [0.15, 0.2) is 23.1 Å². The van der Waals surface area contributed by atoms with Gasteiger partial charge in [-0.15, -0.1) is 0 Å². The summed E-state index contributed by atoms with van der Waals surface area (Å²) in [6.45, 7) is 4.81. The minimum Gasteiger partial charge on any atom is -0.450 e. The van der Waals surface area contributed by atoms with Crippen molar-refractivity contribution in [1.82, 2.24) is 9.80 Å². The highest BCUT2D eigenvalue weighted by molar-refractivity contribution is 7.96. The molecule has 0 radical (unpaired) electrons. The molecule has 11 heteroatoms. The van der Waals surface area contributed by atoms with Crippen molar-refractivity contribution in [3.63, 3.8) is 0 Å². The first-order chi connectivity index (χ1) is 13.5. The van der Waals surface area contributed by atoms with Gasteiger partial charge in [-0.25, -0.2) is 26.0 Å². The Kier molecular flexibility index (Phi) is 6.21. The highest BCUT2D eigenvalue weighted by atomic mass is 32.2. The molecule has 1 amide bonds. The number of piperazine rings is 1. The number of carbonyl (C=O) groups is 1. The lowest BCUT2D eigenvalue weighted by Gasteiger charge is -2.38. The monoisotopic (exact) mass is 448 g/mol. The van der Waals surface area contributed by atoms with Gasteiger partial charge in [0, 0.05) is 32.2 Å². The summed E-state index contributed by atoms with van der Waals surface area (Å²) in [6.07, 6.45) is -0.433. The molecule has 2 saturated heterocycles. The zero-order valence-corrected chi connectivity index (χ0v) is 18.0. The van der Waals surface area contributed by atoms with E-state index in [1.165, 1.54) is 24.0 Å². The highest BCUT2D eigenvalue weighted by Crippen LogP contribution is 2.30.